The lowest BCUT2D eigenvalue weighted by molar-refractivity contribution is -0.483. The van der Waals surface area contributed by atoms with Gasteiger partial charge in [-0.05, 0) is 30.9 Å². The predicted molar refractivity (Wildman–Crippen MR) is 106 cm³/mol. The van der Waals surface area contributed by atoms with E-state index in [0.29, 0.717) is 63.3 Å². The maximum Gasteiger partial charge on any atom is 0.293 e. The van der Waals surface area contributed by atoms with Gasteiger partial charge < -0.3 is 9.64 Å². The molecule has 2 heterocycles. The number of hydrogen-bond donors (Lipinski definition) is 2. The fraction of sp³-hybridized carbons (Fsp3) is 0.789. The van der Waals surface area contributed by atoms with Gasteiger partial charge in [0.15, 0.2) is 17.2 Å². The highest BCUT2D eigenvalue weighted by Gasteiger charge is 2.43. The van der Waals surface area contributed by atoms with Crippen molar-refractivity contribution in [3.8, 4) is 0 Å². The molecule has 0 aromatic carbocycles. The molecule has 3 aliphatic rings. The summed E-state index contributed by atoms with van der Waals surface area (Å²) in [5.41, 5.74) is 0.672. The summed E-state index contributed by atoms with van der Waals surface area (Å²) in [7, 11) is -3.04. The van der Waals surface area contributed by atoms with Gasteiger partial charge in [0.05, 0.1) is 13.1 Å². The van der Waals surface area contributed by atoms with Crippen molar-refractivity contribution in [1.29, 1.82) is 0 Å². The van der Waals surface area contributed by atoms with Crippen molar-refractivity contribution in [2.24, 2.45) is 0 Å². The Morgan fingerprint density at radius 2 is 2.00 bits per heavy atom. The van der Waals surface area contributed by atoms with Gasteiger partial charge in [0.1, 0.15) is 18.0 Å². The highest BCUT2D eigenvalue weighted by molar-refractivity contribution is 7.96. The number of alkyl halides is 1. The van der Waals surface area contributed by atoms with Crippen molar-refractivity contribution < 1.29 is 27.7 Å². The first kappa shape index (κ1) is 21.4. The molecule has 0 bridgehead atoms. The van der Waals surface area contributed by atoms with Crippen LogP contribution in [0, 0.1) is 0 Å². The summed E-state index contributed by atoms with van der Waals surface area (Å²) in [5.74, 6) is 0.213. The van der Waals surface area contributed by atoms with Crippen LogP contribution >= 0.6 is 0 Å². The topological polar surface area (TPSA) is 84.1 Å². The second-order valence-corrected chi connectivity index (χ2v) is 10.5. The standard InChI is InChI=1S/C19H30FN3O4S/c1-4-16-18(24)19(27-15-6-5-14(20)11-15)17(12-21-16)22-7-9-23(10-8-22)28(25,26)13(2)3/h12-16H,4-11H2,1-3H3/p+2/t14?,15?,16-/m1/s1. The molecular formula is C19H32FN3O4S+2. The van der Waals surface area contributed by atoms with Gasteiger partial charge in [0, 0.05) is 25.9 Å². The summed E-state index contributed by atoms with van der Waals surface area (Å²) in [6.45, 7) is 7.31. The summed E-state index contributed by atoms with van der Waals surface area (Å²) in [6, 6.07) is -0.334. The van der Waals surface area contributed by atoms with Gasteiger partial charge >= 0.3 is 0 Å². The van der Waals surface area contributed by atoms with Crippen molar-refractivity contribution >= 4 is 22.4 Å². The van der Waals surface area contributed by atoms with Crippen LogP contribution in [0.4, 0.5) is 4.39 Å². The molecular weight excluding hydrogens is 385 g/mol. The molecule has 3 unspecified atom stereocenters. The first-order valence-corrected chi connectivity index (χ1v) is 11.7. The number of carbonyl (C=O) groups excluding carboxylic acids is 1. The lowest BCUT2D eigenvalue weighted by atomic mass is 10.0. The summed E-state index contributed by atoms with van der Waals surface area (Å²) >= 11 is 0. The number of allylic oxidation sites excluding steroid dienone is 1. The van der Waals surface area contributed by atoms with E-state index in [1.54, 1.807) is 24.4 Å². The number of nitrogens with zero attached hydrogens (tertiary/aromatic N) is 2. The van der Waals surface area contributed by atoms with E-state index in [1.807, 2.05) is 11.8 Å². The molecule has 1 saturated heterocycles. The molecule has 0 spiro atoms. The average Bonchev–Trinajstić information content (AvgIpc) is 3.08. The molecule has 1 saturated carbocycles. The Bertz CT molecular complexity index is 703. The second-order valence-electron chi connectivity index (χ2n) is 8.00. The van der Waals surface area contributed by atoms with Crippen LogP contribution in [-0.4, -0.2) is 75.5 Å². The van der Waals surface area contributed by atoms with E-state index < -0.39 is 16.6 Å². The van der Waals surface area contributed by atoms with Gasteiger partial charge in [-0.15, -0.1) is 0 Å². The fourth-order valence-electron chi connectivity index (χ4n) is 3.91. The van der Waals surface area contributed by atoms with Gasteiger partial charge in [0.2, 0.25) is 6.04 Å². The average molecular weight is 418 g/mol. The molecule has 2 N–H and O–H groups in total. The molecule has 0 aromatic heterocycles. The minimum atomic E-state index is -3.04. The lowest BCUT2D eigenvalue weighted by Crippen LogP contribution is -2.81. The maximum atomic E-state index is 13.6. The zero-order valence-corrected chi connectivity index (χ0v) is 17.7. The highest BCUT2D eigenvalue weighted by atomic mass is 32.3. The summed E-state index contributed by atoms with van der Waals surface area (Å²) in [6.07, 6.45) is 2.72. The van der Waals surface area contributed by atoms with Crippen LogP contribution in [0.15, 0.2) is 11.5 Å². The first-order chi connectivity index (χ1) is 13.2. The smallest absolute Gasteiger partial charge is 0.293 e. The van der Waals surface area contributed by atoms with Crippen molar-refractivity contribution in [2.45, 2.75) is 70.0 Å². The van der Waals surface area contributed by atoms with Gasteiger partial charge in [-0.25, -0.2) is 9.38 Å². The number of halogens is 1. The Morgan fingerprint density at radius 1 is 1.32 bits per heavy atom. The molecule has 0 aromatic rings. The molecule has 158 valence electrons. The molecule has 0 radical (unpaired) electrons. The third-order valence-corrected chi connectivity index (χ3v) is 8.10. The van der Waals surface area contributed by atoms with Crippen LogP contribution in [0.3, 0.4) is 0 Å². The Balaban J connectivity index is 1.77. The van der Waals surface area contributed by atoms with Crippen molar-refractivity contribution in [2.75, 3.05) is 26.2 Å². The number of piperazine rings is 1. The third kappa shape index (κ3) is 4.31. The van der Waals surface area contributed by atoms with E-state index in [-0.39, 0.29) is 23.2 Å². The van der Waals surface area contributed by atoms with E-state index >= 15 is 0 Å². The lowest BCUT2D eigenvalue weighted by Gasteiger charge is -2.35. The maximum absolute atomic E-state index is 13.6. The number of hydrogen-bond acceptors (Lipinski definition) is 4. The molecule has 28 heavy (non-hydrogen) atoms. The van der Waals surface area contributed by atoms with E-state index in [9.17, 15) is 17.9 Å². The first-order valence-electron chi connectivity index (χ1n) is 10.2. The van der Waals surface area contributed by atoms with E-state index in [0.717, 1.165) is 0 Å². The number of nitrogens with one attached hydrogen (secondary N) is 1. The van der Waals surface area contributed by atoms with E-state index in [1.165, 1.54) is 0 Å². The van der Waals surface area contributed by atoms with Crippen LogP contribution < -0.4 is 4.99 Å². The number of Topliss-reactive ketones (excluding diaryl/α,β-unsaturated/α-hetero) is 1. The normalized spacial score (nSPS) is 31.6. The zero-order valence-electron chi connectivity index (χ0n) is 16.9. The van der Waals surface area contributed by atoms with Gasteiger partial charge in [-0.3, -0.25) is 4.79 Å². The summed E-state index contributed by atoms with van der Waals surface area (Å²) < 4.78 is 44.0. The molecule has 7 nitrogen and oxygen atoms in total. The largest absolute Gasteiger partial charge is 0.484 e. The second kappa shape index (κ2) is 8.59. The fourth-order valence-corrected chi connectivity index (χ4v) is 5.19. The predicted octanol–water partition coefficient (Wildman–Crippen LogP) is 0.531. The molecule has 1 aliphatic carbocycles. The van der Waals surface area contributed by atoms with Gasteiger partial charge in [0.25, 0.3) is 16.2 Å². The monoisotopic (exact) mass is 417 g/mol. The van der Waals surface area contributed by atoms with Crippen molar-refractivity contribution in [3.63, 3.8) is 0 Å². The summed E-state index contributed by atoms with van der Waals surface area (Å²) in [5, 5.41) is -0.344. The van der Waals surface area contributed by atoms with E-state index in [4.69, 9.17) is 4.74 Å². The molecule has 2 fully saturated rings. The number of ketones is 1. The molecule has 3 rings (SSSR count). The molecule has 0 amide bonds. The van der Waals surface area contributed by atoms with Crippen LogP contribution in [0.25, 0.3) is 0 Å². The van der Waals surface area contributed by atoms with Crippen molar-refractivity contribution in [3.05, 3.63) is 11.5 Å². The van der Waals surface area contributed by atoms with Crippen LogP contribution in [0.1, 0.15) is 46.5 Å². The Hall–Kier alpha value is -1.32. The molecule has 9 heteroatoms. The van der Waals surface area contributed by atoms with E-state index in [2.05, 4.69) is 4.99 Å². The van der Waals surface area contributed by atoms with Crippen LogP contribution in [-0.2, 0) is 24.1 Å². The van der Waals surface area contributed by atoms with Gasteiger partial charge in [-0.1, -0.05) is 11.2 Å². The number of rotatable bonds is 6. The third-order valence-electron chi connectivity index (χ3n) is 5.77. The zero-order chi connectivity index (χ0) is 20.5. The quantitative estimate of drug-likeness (QED) is 0.616. The highest BCUT2D eigenvalue weighted by Crippen LogP contribution is 2.29. The minimum absolute atomic E-state index is 0.0992. The van der Waals surface area contributed by atoms with Gasteiger partial charge in [-0.2, -0.15) is 4.55 Å². The summed E-state index contributed by atoms with van der Waals surface area (Å²) in [4.78, 5) is 18.1. The van der Waals surface area contributed by atoms with Crippen molar-refractivity contribution in [1.82, 2.24) is 9.21 Å². The SMILES string of the molecule is CC[C@H]1[NH+]=CC(N2CCN([S+](=O)(O)C(C)C)CC2)=C(OC2CCC(F)C2)C1=O. The Labute approximate surface area is 167 Å². The molecule has 2 aliphatic heterocycles. The number of ether oxygens (including phenoxy) is 1. The Morgan fingerprint density at radius 3 is 2.54 bits per heavy atom. The Kier molecular flexibility index (Phi) is 6.56. The van der Waals surface area contributed by atoms with Crippen LogP contribution in [0.2, 0.25) is 0 Å². The molecule has 4 atom stereocenters. The van der Waals surface area contributed by atoms with Crippen LogP contribution in [0.5, 0.6) is 0 Å². The number of carbonyl (C=O) groups is 1. The minimum Gasteiger partial charge on any atom is -0.484 e.